The van der Waals surface area contributed by atoms with Gasteiger partial charge in [0.1, 0.15) is 5.75 Å². The van der Waals surface area contributed by atoms with Crippen LogP contribution < -0.4 is 4.74 Å². The quantitative estimate of drug-likeness (QED) is 0.600. The third-order valence-electron chi connectivity index (χ3n) is 2.10. The highest BCUT2D eigenvalue weighted by Gasteiger charge is 2.11. The Morgan fingerprint density at radius 2 is 2.18 bits per heavy atom. The Hall–Kier alpha value is -1.09. The number of hydrogen-bond donors (Lipinski definition) is 0. The van der Waals surface area contributed by atoms with Gasteiger partial charge in [-0.3, -0.25) is 4.79 Å². The van der Waals surface area contributed by atoms with Crippen molar-refractivity contribution in [3.63, 3.8) is 0 Å². The summed E-state index contributed by atoms with van der Waals surface area (Å²) in [6.07, 6.45) is 3.28. The van der Waals surface area contributed by atoms with Crippen molar-refractivity contribution in [2.75, 3.05) is 6.61 Å². The predicted molar refractivity (Wildman–Crippen MR) is 73.6 cm³/mol. The number of allylic oxidation sites excluding steroid dienone is 2. The van der Waals surface area contributed by atoms with Crippen LogP contribution in [0.1, 0.15) is 31.1 Å². The molecule has 0 N–H and O–H groups in total. The van der Waals surface area contributed by atoms with Crippen molar-refractivity contribution in [3.8, 4) is 5.75 Å². The summed E-state index contributed by atoms with van der Waals surface area (Å²) in [4.78, 5) is 11.9. The van der Waals surface area contributed by atoms with Crippen LogP contribution in [-0.2, 0) is 0 Å². The highest BCUT2D eigenvalue weighted by molar-refractivity contribution is 9.10. The summed E-state index contributed by atoms with van der Waals surface area (Å²) in [5.41, 5.74) is 0.595. The van der Waals surface area contributed by atoms with Crippen LogP contribution in [0.2, 0.25) is 0 Å². The zero-order chi connectivity index (χ0) is 12.8. The van der Waals surface area contributed by atoms with Gasteiger partial charge in [0.05, 0.1) is 12.2 Å². The van der Waals surface area contributed by atoms with Crippen molar-refractivity contribution in [1.29, 1.82) is 0 Å². The molecule has 0 aromatic heterocycles. The molecule has 0 spiro atoms. The van der Waals surface area contributed by atoms with Gasteiger partial charge in [-0.05, 0) is 37.1 Å². The molecule has 0 aliphatic carbocycles. The fraction of sp³-hybridized carbons (Fsp3) is 0.357. The van der Waals surface area contributed by atoms with E-state index in [2.05, 4.69) is 29.8 Å². The van der Waals surface area contributed by atoms with Gasteiger partial charge in [-0.15, -0.1) is 0 Å². The molecular weight excluding hydrogens is 280 g/mol. The third kappa shape index (κ3) is 4.35. The second kappa shape index (κ2) is 6.60. The van der Waals surface area contributed by atoms with E-state index in [1.165, 1.54) is 0 Å². The minimum absolute atomic E-state index is 0.0347. The normalized spacial score (nSPS) is 11.1. The predicted octanol–water partition coefficient (Wildman–Crippen LogP) is 4.24. The summed E-state index contributed by atoms with van der Waals surface area (Å²) >= 11 is 3.36. The van der Waals surface area contributed by atoms with E-state index in [-0.39, 0.29) is 5.78 Å². The SMILES string of the molecule is C/C=C/C(=O)c1cc(Br)ccc1OCC(C)C. The molecule has 0 bridgehead atoms. The molecule has 1 aromatic rings. The van der Waals surface area contributed by atoms with E-state index in [0.717, 1.165) is 4.47 Å². The van der Waals surface area contributed by atoms with Gasteiger partial charge in [0.15, 0.2) is 5.78 Å². The molecule has 0 radical (unpaired) electrons. The van der Waals surface area contributed by atoms with Crippen LogP contribution in [0.25, 0.3) is 0 Å². The van der Waals surface area contributed by atoms with Gasteiger partial charge in [0, 0.05) is 4.47 Å². The number of halogens is 1. The maximum atomic E-state index is 11.9. The number of carbonyl (C=O) groups excluding carboxylic acids is 1. The first-order valence-electron chi connectivity index (χ1n) is 5.64. The summed E-state index contributed by atoms with van der Waals surface area (Å²) in [6.45, 7) is 6.58. The molecule has 0 saturated heterocycles. The molecule has 17 heavy (non-hydrogen) atoms. The van der Waals surface area contributed by atoms with Crippen molar-refractivity contribution in [2.24, 2.45) is 5.92 Å². The Bertz CT molecular complexity index is 422. The lowest BCUT2D eigenvalue weighted by atomic mass is 10.1. The van der Waals surface area contributed by atoms with Crippen molar-refractivity contribution < 1.29 is 9.53 Å². The highest BCUT2D eigenvalue weighted by atomic mass is 79.9. The molecule has 3 heteroatoms. The summed E-state index contributed by atoms with van der Waals surface area (Å²) in [6, 6.07) is 5.49. The molecule has 0 atom stereocenters. The number of ether oxygens (including phenoxy) is 1. The van der Waals surface area contributed by atoms with E-state index in [1.807, 2.05) is 19.1 Å². The van der Waals surface area contributed by atoms with Gasteiger partial charge in [-0.1, -0.05) is 35.9 Å². The number of hydrogen-bond acceptors (Lipinski definition) is 2. The highest BCUT2D eigenvalue weighted by Crippen LogP contribution is 2.24. The zero-order valence-electron chi connectivity index (χ0n) is 10.4. The lowest BCUT2D eigenvalue weighted by Crippen LogP contribution is -2.08. The molecule has 0 saturated carbocycles. The van der Waals surface area contributed by atoms with Gasteiger partial charge in [0.25, 0.3) is 0 Å². The maximum Gasteiger partial charge on any atom is 0.189 e. The maximum absolute atomic E-state index is 11.9. The molecule has 0 unspecified atom stereocenters. The van der Waals surface area contributed by atoms with E-state index in [4.69, 9.17) is 4.74 Å². The number of carbonyl (C=O) groups is 1. The van der Waals surface area contributed by atoms with Crippen molar-refractivity contribution >= 4 is 21.7 Å². The van der Waals surface area contributed by atoms with E-state index in [1.54, 1.807) is 18.2 Å². The molecule has 1 aromatic carbocycles. The molecular formula is C14H17BrO2. The Morgan fingerprint density at radius 3 is 2.76 bits per heavy atom. The van der Waals surface area contributed by atoms with Crippen LogP contribution in [0.15, 0.2) is 34.8 Å². The first-order chi connectivity index (χ1) is 8.04. The molecule has 0 aliphatic heterocycles. The Morgan fingerprint density at radius 1 is 1.47 bits per heavy atom. The standard InChI is InChI=1S/C14H17BrO2/c1-4-5-13(16)12-8-11(15)6-7-14(12)17-9-10(2)3/h4-8,10H,9H2,1-3H3/b5-4+. The van der Waals surface area contributed by atoms with Crippen molar-refractivity contribution in [1.82, 2.24) is 0 Å². The van der Waals surface area contributed by atoms with Crippen LogP contribution in [0.4, 0.5) is 0 Å². The van der Waals surface area contributed by atoms with E-state index >= 15 is 0 Å². The topological polar surface area (TPSA) is 26.3 Å². The fourth-order valence-electron chi connectivity index (χ4n) is 1.32. The zero-order valence-corrected chi connectivity index (χ0v) is 12.0. The molecule has 0 aliphatic rings. The fourth-order valence-corrected chi connectivity index (χ4v) is 1.68. The Kier molecular flexibility index (Phi) is 5.42. The number of benzene rings is 1. The minimum Gasteiger partial charge on any atom is -0.493 e. The molecule has 0 amide bonds. The van der Waals surface area contributed by atoms with Crippen molar-refractivity contribution in [3.05, 3.63) is 40.4 Å². The van der Waals surface area contributed by atoms with Crippen LogP contribution in [0.5, 0.6) is 5.75 Å². The number of ketones is 1. The molecule has 0 fully saturated rings. The lowest BCUT2D eigenvalue weighted by molar-refractivity contribution is 0.104. The summed E-state index contributed by atoms with van der Waals surface area (Å²) < 4.78 is 6.52. The average Bonchev–Trinajstić information content (AvgIpc) is 2.27. The third-order valence-corrected chi connectivity index (χ3v) is 2.59. The summed E-state index contributed by atoms with van der Waals surface area (Å²) in [7, 11) is 0. The number of rotatable bonds is 5. The minimum atomic E-state index is -0.0347. The van der Waals surface area contributed by atoms with Gasteiger partial charge in [0.2, 0.25) is 0 Å². The first-order valence-corrected chi connectivity index (χ1v) is 6.43. The van der Waals surface area contributed by atoms with Crippen LogP contribution in [0.3, 0.4) is 0 Å². The molecule has 0 heterocycles. The van der Waals surface area contributed by atoms with Crippen LogP contribution in [-0.4, -0.2) is 12.4 Å². The van der Waals surface area contributed by atoms with Gasteiger partial charge in [-0.25, -0.2) is 0 Å². The Balaban J connectivity index is 2.99. The van der Waals surface area contributed by atoms with E-state index in [0.29, 0.717) is 23.8 Å². The van der Waals surface area contributed by atoms with Gasteiger partial charge in [-0.2, -0.15) is 0 Å². The molecule has 1 rings (SSSR count). The average molecular weight is 297 g/mol. The monoisotopic (exact) mass is 296 g/mol. The summed E-state index contributed by atoms with van der Waals surface area (Å²) in [5, 5.41) is 0. The smallest absolute Gasteiger partial charge is 0.189 e. The first kappa shape index (κ1) is 14.0. The second-order valence-electron chi connectivity index (χ2n) is 4.21. The molecule has 2 nitrogen and oxygen atoms in total. The largest absolute Gasteiger partial charge is 0.493 e. The Labute approximate surface area is 111 Å². The van der Waals surface area contributed by atoms with E-state index in [9.17, 15) is 4.79 Å². The van der Waals surface area contributed by atoms with Gasteiger partial charge < -0.3 is 4.74 Å². The lowest BCUT2D eigenvalue weighted by Gasteiger charge is -2.12. The van der Waals surface area contributed by atoms with E-state index < -0.39 is 0 Å². The summed E-state index contributed by atoms with van der Waals surface area (Å²) in [5.74, 6) is 1.04. The van der Waals surface area contributed by atoms with Crippen molar-refractivity contribution in [2.45, 2.75) is 20.8 Å². The van der Waals surface area contributed by atoms with Crippen LogP contribution in [0, 0.1) is 5.92 Å². The van der Waals surface area contributed by atoms with Crippen LogP contribution >= 0.6 is 15.9 Å². The molecule has 92 valence electrons. The van der Waals surface area contributed by atoms with Gasteiger partial charge >= 0.3 is 0 Å². The second-order valence-corrected chi connectivity index (χ2v) is 5.13.